The molecule has 1 heterocycles. The molecule has 1 saturated carbocycles. The van der Waals surface area contributed by atoms with E-state index in [9.17, 15) is 10.2 Å². The first kappa shape index (κ1) is 19.6. The molecule has 0 spiro atoms. The van der Waals surface area contributed by atoms with Crippen LogP contribution in [-0.4, -0.2) is 71.5 Å². The average molecular weight is 359 g/mol. The fourth-order valence-electron chi connectivity index (χ4n) is 4.48. The lowest BCUT2D eigenvalue weighted by atomic mass is 10.0. The Balaban J connectivity index is 1.54. The van der Waals surface area contributed by atoms with Crippen LogP contribution in [0.3, 0.4) is 0 Å². The average Bonchev–Trinajstić information content (AvgIpc) is 3.48. The Morgan fingerprint density at radius 2 is 1.85 bits per heavy atom. The van der Waals surface area contributed by atoms with Crippen molar-refractivity contribution in [2.45, 2.75) is 50.7 Å². The smallest absolute Gasteiger partial charge is 0.0609 e. The van der Waals surface area contributed by atoms with Crippen LogP contribution in [0.2, 0.25) is 0 Å². The van der Waals surface area contributed by atoms with Crippen LogP contribution in [0.15, 0.2) is 35.9 Å². The number of hydrogen-bond acceptors (Lipinski definition) is 4. The van der Waals surface area contributed by atoms with Gasteiger partial charge >= 0.3 is 0 Å². The third-order valence-corrected chi connectivity index (χ3v) is 6.33. The van der Waals surface area contributed by atoms with Gasteiger partial charge in [-0.05, 0) is 44.2 Å². The minimum atomic E-state index is -0.0876. The highest BCUT2D eigenvalue weighted by Gasteiger charge is 2.44. The van der Waals surface area contributed by atoms with E-state index >= 15 is 0 Å². The number of likely N-dealkylation sites (tertiary alicyclic amines) is 1. The molecule has 0 unspecified atom stereocenters. The first-order valence-corrected chi connectivity index (χ1v) is 10.1. The molecule has 1 aliphatic carbocycles. The molecule has 1 aromatic rings. The highest BCUT2D eigenvalue weighted by Crippen LogP contribution is 2.44. The number of aliphatic hydroxyl groups excluding tert-OH is 2. The van der Waals surface area contributed by atoms with Gasteiger partial charge in [-0.1, -0.05) is 48.9 Å². The van der Waals surface area contributed by atoms with Crippen molar-refractivity contribution >= 4 is 6.08 Å². The number of rotatable bonds is 8. The van der Waals surface area contributed by atoms with Crippen molar-refractivity contribution < 1.29 is 10.2 Å². The number of nitrogens with zero attached hydrogens (tertiary/aromatic N) is 2. The van der Waals surface area contributed by atoms with Gasteiger partial charge in [-0.2, -0.15) is 0 Å². The third kappa shape index (κ3) is 4.55. The van der Waals surface area contributed by atoms with Gasteiger partial charge in [0.15, 0.2) is 0 Å². The van der Waals surface area contributed by atoms with Crippen LogP contribution >= 0.6 is 0 Å². The maximum atomic E-state index is 9.38. The second kappa shape index (κ2) is 9.14. The Kier molecular flexibility index (Phi) is 6.87. The topological polar surface area (TPSA) is 46.9 Å². The zero-order valence-corrected chi connectivity index (χ0v) is 16.2. The normalized spacial score (nSPS) is 25.2. The lowest BCUT2D eigenvalue weighted by Crippen LogP contribution is -2.50. The Morgan fingerprint density at radius 3 is 2.42 bits per heavy atom. The zero-order chi connectivity index (χ0) is 18.5. The monoisotopic (exact) mass is 358 g/mol. The molecule has 4 nitrogen and oxygen atoms in total. The molecular formula is C22H34N2O2. The largest absolute Gasteiger partial charge is 0.395 e. The molecule has 2 N–H and O–H groups in total. The zero-order valence-electron chi connectivity index (χ0n) is 16.2. The van der Waals surface area contributed by atoms with Crippen molar-refractivity contribution in [1.82, 2.24) is 9.80 Å². The van der Waals surface area contributed by atoms with E-state index in [2.05, 4.69) is 60.2 Å². The van der Waals surface area contributed by atoms with Crippen LogP contribution in [-0.2, 0) is 0 Å². The molecule has 2 atom stereocenters. The van der Waals surface area contributed by atoms with Crippen molar-refractivity contribution in [3.63, 3.8) is 0 Å². The van der Waals surface area contributed by atoms with Crippen LogP contribution in [0.5, 0.6) is 0 Å². The molecule has 1 saturated heterocycles. The minimum Gasteiger partial charge on any atom is -0.395 e. The second-order valence-corrected chi connectivity index (χ2v) is 7.84. The van der Waals surface area contributed by atoms with Crippen LogP contribution in [0.25, 0.3) is 6.08 Å². The fourth-order valence-corrected chi connectivity index (χ4v) is 4.48. The summed E-state index contributed by atoms with van der Waals surface area (Å²) in [6, 6.07) is 11.9. The summed E-state index contributed by atoms with van der Waals surface area (Å²) < 4.78 is 0. The lowest BCUT2D eigenvalue weighted by Gasteiger charge is -2.39. The third-order valence-electron chi connectivity index (χ3n) is 6.33. The summed E-state index contributed by atoms with van der Waals surface area (Å²) in [6.07, 6.45) is 7.03. The van der Waals surface area contributed by atoms with Crippen molar-refractivity contribution in [1.29, 1.82) is 0 Å². The number of aliphatic hydroxyl groups is 2. The Bertz CT molecular complexity index is 577. The molecule has 2 aliphatic rings. The molecule has 0 radical (unpaired) electrons. The quantitative estimate of drug-likeness (QED) is 0.750. The van der Waals surface area contributed by atoms with Crippen molar-refractivity contribution in [3.8, 4) is 0 Å². The molecule has 26 heavy (non-hydrogen) atoms. The van der Waals surface area contributed by atoms with E-state index in [1.165, 1.54) is 12.0 Å². The summed E-state index contributed by atoms with van der Waals surface area (Å²) in [4.78, 5) is 4.84. The van der Waals surface area contributed by atoms with E-state index in [1.54, 1.807) is 5.57 Å². The summed E-state index contributed by atoms with van der Waals surface area (Å²) in [7, 11) is 2.29. The van der Waals surface area contributed by atoms with Crippen molar-refractivity contribution in [2.75, 3.05) is 33.4 Å². The molecule has 1 aliphatic heterocycles. The number of piperidine rings is 1. The standard InChI is InChI=1S/C22H34N2O2/c1-3-18(13-17-7-5-4-6-8-17)21-14-22(21)23(2)19-9-11-24(12-10-19)20(15-25)16-26/h4-8,13,19-22,25-26H,3,9-12,14-16H2,1-2H3/b18-13+/t21-,22+/m0/s1. The molecule has 144 valence electrons. The summed E-state index contributed by atoms with van der Waals surface area (Å²) in [5.74, 6) is 0.700. The summed E-state index contributed by atoms with van der Waals surface area (Å²) in [5.41, 5.74) is 2.89. The Morgan fingerprint density at radius 1 is 1.19 bits per heavy atom. The lowest BCUT2D eigenvalue weighted by molar-refractivity contribution is 0.0369. The summed E-state index contributed by atoms with van der Waals surface area (Å²) in [5, 5.41) is 18.8. The maximum Gasteiger partial charge on any atom is 0.0609 e. The molecule has 2 fully saturated rings. The molecule has 0 bridgehead atoms. The van der Waals surface area contributed by atoms with Gasteiger partial charge < -0.3 is 10.2 Å². The van der Waals surface area contributed by atoms with E-state index in [0.717, 1.165) is 32.4 Å². The highest BCUT2D eigenvalue weighted by atomic mass is 16.3. The molecule has 0 aromatic heterocycles. The summed E-state index contributed by atoms with van der Waals surface area (Å²) in [6.45, 7) is 4.31. The Labute approximate surface area is 158 Å². The SMILES string of the molecule is CC/C(=C\c1ccccc1)[C@@H]1C[C@H]1N(C)C1CCN(C(CO)CO)CC1. The van der Waals surface area contributed by atoms with Crippen LogP contribution in [0, 0.1) is 5.92 Å². The Hall–Kier alpha value is -1.20. The van der Waals surface area contributed by atoms with Crippen molar-refractivity contribution in [2.24, 2.45) is 5.92 Å². The molecule has 1 aromatic carbocycles. The predicted molar refractivity (Wildman–Crippen MR) is 107 cm³/mol. The summed E-state index contributed by atoms with van der Waals surface area (Å²) >= 11 is 0. The van der Waals surface area contributed by atoms with E-state index in [-0.39, 0.29) is 19.3 Å². The van der Waals surface area contributed by atoms with Gasteiger partial charge in [0.05, 0.1) is 19.3 Å². The second-order valence-electron chi connectivity index (χ2n) is 7.84. The van der Waals surface area contributed by atoms with E-state index < -0.39 is 0 Å². The highest BCUT2D eigenvalue weighted by molar-refractivity contribution is 5.54. The first-order chi connectivity index (χ1) is 12.7. The fraction of sp³-hybridized carbons (Fsp3) is 0.636. The molecule has 4 heteroatoms. The van der Waals surface area contributed by atoms with E-state index in [4.69, 9.17) is 0 Å². The van der Waals surface area contributed by atoms with Gasteiger partial charge in [-0.3, -0.25) is 9.80 Å². The van der Waals surface area contributed by atoms with Crippen molar-refractivity contribution in [3.05, 3.63) is 41.5 Å². The van der Waals surface area contributed by atoms with Crippen LogP contribution < -0.4 is 0 Å². The first-order valence-electron chi connectivity index (χ1n) is 10.1. The number of benzene rings is 1. The van der Waals surface area contributed by atoms with Gasteiger partial charge in [-0.15, -0.1) is 0 Å². The van der Waals surface area contributed by atoms with Crippen LogP contribution in [0.1, 0.15) is 38.2 Å². The van der Waals surface area contributed by atoms with Gasteiger partial charge in [0, 0.05) is 25.2 Å². The van der Waals surface area contributed by atoms with Gasteiger partial charge in [0.1, 0.15) is 0 Å². The van der Waals surface area contributed by atoms with Gasteiger partial charge in [0.2, 0.25) is 0 Å². The van der Waals surface area contributed by atoms with E-state index in [0.29, 0.717) is 18.0 Å². The minimum absolute atomic E-state index is 0.0475. The number of hydrogen-bond donors (Lipinski definition) is 2. The van der Waals surface area contributed by atoms with Crippen LogP contribution in [0.4, 0.5) is 0 Å². The van der Waals surface area contributed by atoms with Gasteiger partial charge in [0.25, 0.3) is 0 Å². The van der Waals surface area contributed by atoms with Gasteiger partial charge in [-0.25, -0.2) is 0 Å². The predicted octanol–water partition coefficient (Wildman–Crippen LogP) is 2.62. The molecule has 3 rings (SSSR count). The molecule has 0 amide bonds. The van der Waals surface area contributed by atoms with E-state index in [1.807, 2.05) is 0 Å². The maximum absolute atomic E-state index is 9.38. The molecular weight excluding hydrogens is 324 g/mol.